The predicted molar refractivity (Wildman–Crippen MR) is 118 cm³/mol. The Labute approximate surface area is 160 Å². The zero-order chi connectivity index (χ0) is 19.1. The zero-order valence-electron chi connectivity index (χ0n) is 17.4. The summed E-state index contributed by atoms with van der Waals surface area (Å²) >= 11 is 0. The van der Waals surface area contributed by atoms with E-state index >= 15 is 0 Å². The van der Waals surface area contributed by atoms with Gasteiger partial charge >= 0.3 is 0 Å². The Balaban J connectivity index is 2.45. The van der Waals surface area contributed by atoms with Gasteiger partial charge in [0, 0.05) is 0 Å². The minimum Gasteiger partial charge on any atom is -0.0636 e. The van der Waals surface area contributed by atoms with Gasteiger partial charge in [-0.3, -0.25) is 0 Å². The van der Waals surface area contributed by atoms with Gasteiger partial charge in [-0.2, -0.15) is 0 Å². The number of benzene rings is 2. The van der Waals surface area contributed by atoms with Crippen molar-refractivity contribution < 1.29 is 0 Å². The first-order valence-electron chi connectivity index (χ1n) is 9.73. The number of rotatable bonds is 3. The van der Waals surface area contributed by atoms with Crippen molar-refractivity contribution in [3.8, 4) is 0 Å². The Kier molecular flexibility index (Phi) is 4.87. The fourth-order valence-corrected chi connectivity index (χ4v) is 11.6. The van der Waals surface area contributed by atoms with Crippen molar-refractivity contribution in [1.29, 1.82) is 0 Å². The third kappa shape index (κ3) is 2.65. The van der Waals surface area contributed by atoms with Crippen LogP contribution in [-0.2, 0) is 0 Å². The van der Waals surface area contributed by atoms with E-state index in [0.29, 0.717) is 5.92 Å². The fourth-order valence-electron chi connectivity index (χ4n) is 5.09. The van der Waals surface area contributed by atoms with Crippen LogP contribution in [0.2, 0.25) is 5.04 Å². The van der Waals surface area contributed by atoms with Crippen molar-refractivity contribution in [3.05, 3.63) is 82.6 Å². The number of allylic oxidation sites excluding steroid dienone is 4. The third-order valence-electron chi connectivity index (χ3n) is 6.58. The molecule has 0 bridgehead atoms. The maximum absolute atomic E-state index is 2.45. The minimum absolute atomic E-state index is 0.172. The van der Waals surface area contributed by atoms with Gasteiger partial charge in [-0.15, -0.1) is 0 Å². The molecule has 0 radical (unpaired) electrons. The normalized spacial score (nSPS) is 18.7. The van der Waals surface area contributed by atoms with Gasteiger partial charge in [0.1, 0.15) is 8.07 Å². The van der Waals surface area contributed by atoms with Crippen molar-refractivity contribution in [3.63, 3.8) is 0 Å². The molecule has 0 spiro atoms. The monoisotopic (exact) mass is 360 g/mol. The Morgan fingerprint density at radius 2 is 1.12 bits per heavy atom. The molecule has 0 aromatic heterocycles. The highest BCUT2D eigenvalue weighted by molar-refractivity contribution is 7.09. The summed E-state index contributed by atoms with van der Waals surface area (Å²) in [7, 11) is -2.19. The highest BCUT2D eigenvalue weighted by Gasteiger charge is 2.53. The van der Waals surface area contributed by atoms with Crippen molar-refractivity contribution >= 4 is 18.4 Å². The van der Waals surface area contributed by atoms with E-state index in [9.17, 15) is 0 Å². The molecule has 1 heteroatoms. The summed E-state index contributed by atoms with van der Waals surface area (Å²) in [4.78, 5) is 0. The van der Waals surface area contributed by atoms with Crippen LogP contribution >= 0.6 is 0 Å². The SMILES string of the molecule is CC1=C(C)C(C)C([Si](c2ccccc2)(c2ccccc2)C(C)(C)C)=C1C. The van der Waals surface area contributed by atoms with Gasteiger partial charge in [-0.05, 0) is 47.7 Å². The van der Waals surface area contributed by atoms with Crippen LogP contribution in [0, 0.1) is 5.92 Å². The molecule has 2 aromatic carbocycles. The molecule has 2 aromatic rings. The lowest BCUT2D eigenvalue weighted by molar-refractivity contribution is 0.721. The Hall–Kier alpha value is -1.86. The van der Waals surface area contributed by atoms with Gasteiger partial charge in [0.25, 0.3) is 0 Å². The van der Waals surface area contributed by atoms with E-state index < -0.39 is 8.07 Å². The van der Waals surface area contributed by atoms with Crippen molar-refractivity contribution in [2.75, 3.05) is 0 Å². The van der Waals surface area contributed by atoms with Crippen LogP contribution in [0.5, 0.6) is 0 Å². The standard InChI is InChI=1S/C25H32Si/c1-18-19(2)21(4)24(20(18)3)26(25(5,6)7,22-14-10-8-11-15-22)23-16-12-9-13-17-23/h8-17,20H,1-7H3. The van der Waals surface area contributed by atoms with Crippen molar-refractivity contribution in [2.45, 2.75) is 53.5 Å². The molecule has 26 heavy (non-hydrogen) atoms. The summed E-state index contributed by atoms with van der Waals surface area (Å²) in [5.74, 6) is 0.515. The highest BCUT2D eigenvalue weighted by Crippen LogP contribution is 2.49. The molecular weight excluding hydrogens is 328 g/mol. The second kappa shape index (κ2) is 6.70. The van der Waals surface area contributed by atoms with Crippen LogP contribution in [0.4, 0.5) is 0 Å². The van der Waals surface area contributed by atoms with Crippen LogP contribution in [0.3, 0.4) is 0 Å². The molecule has 0 aliphatic heterocycles. The van der Waals surface area contributed by atoms with E-state index in [4.69, 9.17) is 0 Å². The zero-order valence-corrected chi connectivity index (χ0v) is 18.4. The van der Waals surface area contributed by atoms with Crippen LogP contribution in [0.25, 0.3) is 0 Å². The first-order valence-corrected chi connectivity index (χ1v) is 11.7. The van der Waals surface area contributed by atoms with Crippen molar-refractivity contribution in [2.24, 2.45) is 5.92 Å². The number of hydrogen-bond acceptors (Lipinski definition) is 0. The molecule has 0 nitrogen and oxygen atoms in total. The molecule has 1 atom stereocenters. The minimum atomic E-state index is -2.19. The van der Waals surface area contributed by atoms with Gasteiger partial charge < -0.3 is 0 Å². The Bertz CT molecular complexity index is 809. The predicted octanol–water partition coefficient (Wildman–Crippen LogP) is 5.89. The van der Waals surface area contributed by atoms with Gasteiger partial charge in [0.05, 0.1) is 0 Å². The molecule has 1 unspecified atom stereocenters. The quantitative estimate of drug-likeness (QED) is 0.599. The molecule has 136 valence electrons. The Morgan fingerprint density at radius 3 is 1.42 bits per heavy atom. The smallest absolute Gasteiger partial charge is 0.0636 e. The summed E-state index contributed by atoms with van der Waals surface area (Å²) in [6.07, 6.45) is 0. The summed E-state index contributed by atoms with van der Waals surface area (Å²) in [6, 6.07) is 22.7. The largest absolute Gasteiger partial charge is 0.150 e. The molecular formula is C25H32Si. The molecule has 0 saturated heterocycles. The van der Waals surface area contributed by atoms with Crippen LogP contribution in [0.15, 0.2) is 82.6 Å². The van der Waals surface area contributed by atoms with E-state index in [0.717, 1.165) is 0 Å². The maximum Gasteiger partial charge on any atom is 0.150 e. The first-order chi connectivity index (χ1) is 12.2. The van der Waals surface area contributed by atoms with Gasteiger partial charge in [0.15, 0.2) is 0 Å². The highest BCUT2D eigenvalue weighted by atomic mass is 28.3. The van der Waals surface area contributed by atoms with Gasteiger partial charge in [-0.1, -0.05) is 105 Å². The van der Waals surface area contributed by atoms with Crippen LogP contribution in [-0.4, -0.2) is 8.07 Å². The van der Waals surface area contributed by atoms with E-state index in [1.165, 1.54) is 21.5 Å². The lowest BCUT2D eigenvalue weighted by Gasteiger charge is -2.47. The second-order valence-electron chi connectivity index (χ2n) is 8.80. The maximum atomic E-state index is 2.45. The molecule has 0 fully saturated rings. The summed E-state index contributed by atoms with van der Waals surface area (Å²) in [5, 5.41) is 4.94. The van der Waals surface area contributed by atoms with E-state index in [-0.39, 0.29) is 5.04 Å². The van der Waals surface area contributed by atoms with Crippen LogP contribution < -0.4 is 10.4 Å². The molecule has 1 aliphatic rings. The van der Waals surface area contributed by atoms with Crippen LogP contribution in [0.1, 0.15) is 48.5 Å². The van der Waals surface area contributed by atoms with E-state index in [1.54, 1.807) is 10.8 Å². The molecule has 1 aliphatic carbocycles. The molecule has 0 N–H and O–H groups in total. The second-order valence-corrected chi connectivity index (χ2v) is 13.5. The Morgan fingerprint density at radius 1 is 0.692 bits per heavy atom. The summed E-state index contributed by atoms with van der Waals surface area (Å²) in [5.41, 5.74) is 4.58. The summed E-state index contributed by atoms with van der Waals surface area (Å²) in [6.45, 7) is 16.8. The first kappa shape index (κ1) is 18.9. The van der Waals surface area contributed by atoms with E-state index in [2.05, 4.69) is 109 Å². The number of hydrogen-bond donors (Lipinski definition) is 0. The molecule has 0 heterocycles. The third-order valence-corrected chi connectivity index (χ3v) is 12.8. The molecule has 0 saturated carbocycles. The van der Waals surface area contributed by atoms with Gasteiger partial charge in [-0.25, -0.2) is 0 Å². The lowest BCUT2D eigenvalue weighted by Crippen LogP contribution is -2.66. The van der Waals surface area contributed by atoms with E-state index in [1.807, 2.05) is 0 Å². The average Bonchev–Trinajstić information content (AvgIpc) is 2.81. The average molecular weight is 361 g/mol. The molecule has 0 amide bonds. The lowest BCUT2D eigenvalue weighted by atomic mass is 10.1. The summed E-state index contributed by atoms with van der Waals surface area (Å²) < 4.78 is 0. The topological polar surface area (TPSA) is 0 Å². The molecule has 3 rings (SSSR count). The van der Waals surface area contributed by atoms with Gasteiger partial charge in [0.2, 0.25) is 0 Å². The fraction of sp³-hybridized carbons (Fsp3) is 0.360. The van der Waals surface area contributed by atoms with Crippen molar-refractivity contribution in [1.82, 2.24) is 0 Å².